The maximum Gasteiger partial charge on any atom is 0.293 e. The SMILES string of the molecule is Cc1ccc(-c2ccc(C(=O)NC(=S)Nc3cc(-c4nc5cc(C(C)C)ccc5o4)ccc3C)o2)cc1C. The fourth-order valence-corrected chi connectivity index (χ4v) is 4.35. The number of amides is 1. The number of carbonyl (C=O) groups excluding carboxylic acids is 1. The molecule has 0 radical (unpaired) electrons. The third-order valence-electron chi connectivity index (χ3n) is 6.66. The molecule has 5 aromatic rings. The van der Waals surface area contributed by atoms with Crippen LogP contribution < -0.4 is 10.6 Å². The molecule has 0 spiro atoms. The zero-order chi connectivity index (χ0) is 27.0. The van der Waals surface area contributed by atoms with Crippen molar-refractivity contribution in [1.82, 2.24) is 10.3 Å². The van der Waals surface area contributed by atoms with E-state index in [1.165, 1.54) is 11.1 Å². The van der Waals surface area contributed by atoms with Crippen molar-refractivity contribution in [1.29, 1.82) is 0 Å². The lowest BCUT2D eigenvalue weighted by Gasteiger charge is -2.12. The van der Waals surface area contributed by atoms with Crippen LogP contribution in [0.5, 0.6) is 0 Å². The number of thiocarbonyl (C=S) groups is 1. The van der Waals surface area contributed by atoms with Crippen LogP contribution in [-0.2, 0) is 0 Å². The number of oxazole rings is 1. The summed E-state index contributed by atoms with van der Waals surface area (Å²) < 4.78 is 11.8. The molecule has 5 rings (SSSR count). The molecule has 2 aromatic heterocycles. The molecule has 0 aliphatic carbocycles. The molecule has 3 aromatic carbocycles. The van der Waals surface area contributed by atoms with Gasteiger partial charge in [-0.1, -0.05) is 38.1 Å². The molecular weight excluding hydrogens is 494 g/mol. The van der Waals surface area contributed by atoms with Crippen molar-refractivity contribution in [3.63, 3.8) is 0 Å². The highest BCUT2D eigenvalue weighted by Gasteiger charge is 2.16. The second kappa shape index (κ2) is 10.3. The van der Waals surface area contributed by atoms with Gasteiger partial charge in [-0.15, -0.1) is 0 Å². The molecule has 0 fully saturated rings. The number of nitrogens with one attached hydrogen (secondary N) is 2. The summed E-state index contributed by atoms with van der Waals surface area (Å²) >= 11 is 5.43. The Hall–Kier alpha value is -4.23. The Kier molecular flexibility index (Phi) is 6.87. The minimum Gasteiger partial charge on any atom is -0.451 e. The summed E-state index contributed by atoms with van der Waals surface area (Å²) in [7, 11) is 0. The van der Waals surface area contributed by atoms with E-state index < -0.39 is 5.91 Å². The van der Waals surface area contributed by atoms with Gasteiger partial charge < -0.3 is 14.2 Å². The minimum absolute atomic E-state index is 0.165. The molecule has 38 heavy (non-hydrogen) atoms. The van der Waals surface area contributed by atoms with E-state index >= 15 is 0 Å². The van der Waals surface area contributed by atoms with Gasteiger partial charge in [-0.25, -0.2) is 4.98 Å². The normalized spacial score (nSPS) is 11.2. The number of benzene rings is 3. The molecule has 0 saturated carbocycles. The largest absolute Gasteiger partial charge is 0.451 e. The molecular formula is C31H29N3O3S. The first-order valence-corrected chi connectivity index (χ1v) is 12.9. The first-order valence-electron chi connectivity index (χ1n) is 12.5. The van der Waals surface area contributed by atoms with E-state index in [1.54, 1.807) is 12.1 Å². The third-order valence-corrected chi connectivity index (χ3v) is 6.86. The summed E-state index contributed by atoms with van der Waals surface area (Å²) in [6.07, 6.45) is 0. The van der Waals surface area contributed by atoms with E-state index in [0.29, 0.717) is 17.6 Å². The van der Waals surface area contributed by atoms with Gasteiger partial charge in [-0.05, 0) is 104 Å². The molecule has 0 atom stereocenters. The highest BCUT2D eigenvalue weighted by atomic mass is 32.1. The average molecular weight is 524 g/mol. The van der Waals surface area contributed by atoms with Crippen molar-refractivity contribution in [2.75, 3.05) is 5.32 Å². The molecule has 2 heterocycles. The lowest BCUT2D eigenvalue weighted by molar-refractivity contribution is 0.0951. The molecule has 0 saturated heterocycles. The number of aromatic nitrogens is 1. The number of furan rings is 1. The van der Waals surface area contributed by atoms with Gasteiger partial charge in [0, 0.05) is 16.8 Å². The Labute approximate surface area is 227 Å². The average Bonchev–Trinajstić information content (AvgIpc) is 3.54. The molecule has 2 N–H and O–H groups in total. The van der Waals surface area contributed by atoms with Crippen LogP contribution in [0, 0.1) is 20.8 Å². The number of carbonyl (C=O) groups is 1. The fraction of sp³-hybridized carbons (Fsp3) is 0.194. The number of anilines is 1. The first-order chi connectivity index (χ1) is 18.2. The van der Waals surface area contributed by atoms with Gasteiger partial charge in [0.05, 0.1) is 0 Å². The van der Waals surface area contributed by atoms with Crippen LogP contribution in [0.3, 0.4) is 0 Å². The number of aryl methyl sites for hydroxylation is 3. The highest BCUT2D eigenvalue weighted by Crippen LogP contribution is 2.30. The van der Waals surface area contributed by atoms with Crippen molar-refractivity contribution in [2.45, 2.75) is 40.5 Å². The van der Waals surface area contributed by atoms with E-state index in [-0.39, 0.29) is 10.9 Å². The Morgan fingerprint density at radius 1 is 0.842 bits per heavy atom. The number of hydrogen-bond acceptors (Lipinski definition) is 5. The molecule has 1 amide bonds. The summed E-state index contributed by atoms with van der Waals surface area (Å²) in [6.45, 7) is 10.4. The van der Waals surface area contributed by atoms with Crippen LogP contribution in [0.4, 0.5) is 5.69 Å². The zero-order valence-corrected chi connectivity index (χ0v) is 22.8. The molecule has 0 aliphatic rings. The van der Waals surface area contributed by atoms with Gasteiger partial charge >= 0.3 is 0 Å². The maximum atomic E-state index is 12.8. The third kappa shape index (κ3) is 5.24. The number of fused-ring (bicyclic) bond motifs is 1. The first kappa shape index (κ1) is 25.4. The predicted molar refractivity (Wildman–Crippen MR) is 156 cm³/mol. The lowest BCUT2D eigenvalue weighted by Crippen LogP contribution is -2.34. The van der Waals surface area contributed by atoms with E-state index in [9.17, 15) is 4.79 Å². The summed E-state index contributed by atoms with van der Waals surface area (Å²) in [5, 5.41) is 5.99. The van der Waals surface area contributed by atoms with E-state index in [1.807, 2.05) is 56.3 Å². The van der Waals surface area contributed by atoms with E-state index in [2.05, 4.69) is 43.5 Å². The Morgan fingerprint density at radius 2 is 1.61 bits per heavy atom. The maximum absolute atomic E-state index is 12.8. The van der Waals surface area contributed by atoms with E-state index in [0.717, 1.165) is 39.0 Å². The second-order valence-electron chi connectivity index (χ2n) is 9.80. The van der Waals surface area contributed by atoms with Gasteiger partial charge in [0.1, 0.15) is 11.3 Å². The van der Waals surface area contributed by atoms with Gasteiger partial charge in [0.25, 0.3) is 5.91 Å². The minimum atomic E-state index is -0.425. The zero-order valence-electron chi connectivity index (χ0n) is 22.0. The highest BCUT2D eigenvalue weighted by molar-refractivity contribution is 7.80. The van der Waals surface area contributed by atoms with Crippen LogP contribution in [0.1, 0.15) is 52.6 Å². The van der Waals surface area contributed by atoms with Gasteiger partial charge in [0.2, 0.25) is 5.89 Å². The van der Waals surface area contributed by atoms with Crippen molar-refractivity contribution in [3.8, 4) is 22.8 Å². The predicted octanol–water partition coefficient (Wildman–Crippen LogP) is 7.93. The number of rotatable bonds is 5. The van der Waals surface area contributed by atoms with Gasteiger partial charge in [-0.2, -0.15) is 0 Å². The monoisotopic (exact) mass is 523 g/mol. The quantitative estimate of drug-likeness (QED) is 0.228. The summed E-state index contributed by atoms with van der Waals surface area (Å²) in [4.78, 5) is 17.5. The van der Waals surface area contributed by atoms with Crippen molar-refractivity contribution < 1.29 is 13.6 Å². The van der Waals surface area contributed by atoms with Crippen molar-refractivity contribution >= 4 is 40.0 Å². The standard InChI is InChI=1S/C31H29N3O3S/c1-17(2)21-10-11-27-25(15-21)32-30(37-27)23-9-7-19(4)24(16-23)33-31(38)34-29(35)28-13-12-26(36-28)22-8-6-18(3)20(5)14-22/h6-17H,1-5H3,(H2,33,34,35,38). The van der Waals surface area contributed by atoms with Gasteiger partial charge in [-0.3, -0.25) is 10.1 Å². The summed E-state index contributed by atoms with van der Waals surface area (Å²) in [5.74, 6) is 1.31. The van der Waals surface area contributed by atoms with Crippen molar-refractivity contribution in [3.05, 3.63) is 94.7 Å². The van der Waals surface area contributed by atoms with E-state index in [4.69, 9.17) is 26.0 Å². The van der Waals surface area contributed by atoms with Crippen LogP contribution in [-0.4, -0.2) is 16.0 Å². The molecule has 6 nitrogen and oxygen atoms in total. The Bertz CT molecular complexity index is 1680. The van der Waals surface area contributed by atoms with Crippen molar-refractivity contribution in [2.24, 2.45) is 0 Å². The molecule has 0 unspecified atom stereocenters. The Balaban J connectivity index is 1.30. The van der Waals surface area contributed by atoms with Crippen LogP contribution in [0.15, 0.2) is 75.6 Å². The number of nitrogens with zero attached hydrogens (tertiary/aromatic N) is 1. The van der Waals surface area contributed by atoms with Crippen LogP contribution in [0.25, 0.3) is 33.9 Å². The van der Waals surface area contributed by atoms with Gasteiger partial charge in [0.15, 0.2) is 16.5 Å². The summed E-state index contributed by atoms with van der Waals surface area (Å²) in [6, 6.07) is 21.4. The fourth-order valence-electron chi connectivity index (χ4n) is 4.14. The Morgan fingerprint density at radius 3 is 2.37 bits per heavy atom. The molecule has 7 heteroatoms. The number of hydrogen-bond donors (Lipinski definition) is 2. The van der Waals surface area contributed by atoms with Crippen LogP contribution in [0.2, 0.25) is 0 Å². The molecule has 0 aliphatic heterocycles. The second-order valence-corrected chi connectivity index (χ2v) is 10.2. The summed E-state index contributed by atoms with van der Waals surface area (Å²) in [5.41, 5.74) is 8.55. The van der Waals surface area contributed by atoms with Crippen LogP contribution >= 0.6 is 12.2 Å². The topological polar surface area (TPSA) is 80.3 Å². The lowest BCUT2D eigenvalue weighted by atomic mass is 10.0. The molecule has 192 valence electrons. The molecule has 0 bridgehead atoms. The smallest absolute Gasteiger partial charge is 0.293 e.